The monoisotopic (exact) mass is 242 g/mol. The van der Waals surface area contributed by atoms with E-state index in [9.17, 15) is 9.59 Å². The predicted octanol–water partition coefficient (Wildman–Crippen LogP) is 1.93. The summed E-state index contributed by atoms with van der Waals surface area (Å²) in [6.45, 7) is 0. The SMILES string of the molecule is O=C(O)CCCC(=O)Nc1cnccc1Cl. The maximum Gasteiger partial charge on any atom is 0.303 e. The van der Waals surface area contributed by atoms with Crippen molar-refractivity contribution in [3.63, 3.8) is 0 Å². The molecule has 1 aromatic rings. The number of anilines is 1. The zero-order valence-corrected chi connectivity index (χ0v) is 9.20. The Hall–Kier alpha value is -1.62. The normalized spacial score (nSPS) is 9.81. The van der Waals surface area contributed by atoms with Crippen molar-refractivity contribution in [1.82, 2.24) is 4.98 Å². The number of rotatable bonds is 5. The molecule has 86 valence electrons. The Morgan fingerprint density at radius 3 is 2.81 bits per heavy atom. The molecule has 1 amide bonds. The third-order valence-electron chi connectivity index (χ3n) is 1.84. The lowest BCUT2D eigenvalue weighted by molar-refractivity contribution is -0.137. The van der Waals surface area contributed by atoms with Crippen molar-refractivity contribution in [2.24, 2.45) is 0 Å². The van der Waals surface area contributed by atoms with Gasteiger partial charge >= 0.3 is 5.97 Å². The quantitative estimate of drug-likeness (QED) is 0.827. The summed E-state index contributed by atoms with van der Waals surface area (Å²) < 4.78 is 0. The van der Waals surface area contributed by atoms with Crippen LogP contribution >= 0.6 is 11.6 Å². The molecule has 0 bridgehead atoms. The minimum Gasteiger partial charge on any atom is -0.481 e. The fourth-order valence-corrected chi connectivity index (χ4v) is 1.23. The lowest BCUT2D eigenvalue weighted by Crippen LogP contribution is -2.12. The van der Waals surface area contributed by atoms with Gasteiger partial charge in [0.25, 0.3) is 0 Å². The molecule has 16 heavy (non-hydrogen) atoms. The van der Waals surface area contributed by atoms with E-state index in [0.29, 0.717) is 17.1 Å². The Balaban J connectivity index is 2.40. The second kappa shape index (κ2) is 6.07. The molecule has 0 unspecified atom stereocenters. The van der Waals surface area contributed by atoms with E-state index in [0.717, 1.165) is 0 Å². The molecule has 0 aliphatic carbocycles. The van der Waals surface area contributed by atoms with Crippen molar-refractivity contribution >= 4 is 29.2 Å². The zero-order chi connectivity index (χ0) is 12.0. The van der Waals surface area contributed by atoms with Gasteiger partial charge in [-0.3, -0.25) is 14.6 Å². The summed E-state index contributed by atoms with van der Waals surface area (Å²) in [7, 11) is 0. The molecule has 0 aromatic carbocycles. The van der Waals surface area contributed by atoms with Gasteiger partial charge in [0.1, 0.15) is 0 Å². The van der Waals surface area contributed by atoms with Crippen LogP contribution in [0.1, 0.15) is 19.3 Å². The number of halogens is 1. The number of carbonyl (C=O) groups excluding carboxylic acids is 1. The molecule has 1 heterocycles. The zero-order valence-electron chi connectivity index (χ0n) is 8.44. The highest BCUT2D eigenvalue weighted by atomic mass is 35.5. The number of amides is 1. The van der Waals surface area contributed by atoms with Crippen LogP contribution in [0.4, 0.5) is 5.69 Å². The number of aliphatic carboxylic acids is 1. The first-order valence-electron chi connectivity index (χ1n) is 4.71. The number of hydrogen-bond acceptors (Lipinski definition) is 3. The highest BCUT2D eigenvalue weighted by Gasteiger charge is 2.06. The number of carboxylic acid groups (broad SMARTS) is 1. The minimum atomic E-state index is -0.910. The predicted molar refractivity (Wildman–Crippen MR) is 59.4 cm³/mol. The van der Waals surface area contributed by atoms with Crippen molar-refractivity contribution in [1.29, 1.82) is 0 Å². The Morgan fingerprint density at radius 2 is 2.19 bits per heavy atom. The molecule has 0 atom stereocenters. The third kappa shape index (κ3) is 4.27. The molecule has 1 aromatic heterocycles. The molecule has 5 nitrogen and oxygen atoms in total. The summed E-state index contributed by atoms with van der Waals surface area (Å²) in [6, 6.07) is 1.56. The largest absolute Gasteiger partial charge is 0.481 e. The van der Waals surface area contributed by atoms with Gasteiger partial charge in [-0.05, 0) is 12.5 Å². The summed E-state index contributed by atoms with van der Waals surface area (Å²) in [6.07, 6.45) is 3.39. The number of nitrogens with zero attached hydrogens (tertiary/aromatic N) is 1. The van der Waals surface area contributed by atoms with Crippen LogP contribution in [0.5, 0.6) is 0 Å². The van der Waals surface area contributed by atoms with E-state index < -0.39 is 5.97 Å². The number of carboxylic acids is 1. The summed E-state index contributed by atoms with van der Waals surface area (Å²) in [4.78, 5) is 25.4. The number of hydrogen-bond donors (Lipinski definition) is 2. The molecule has 6 heteroatoms. The van der Waals surface area contributed by atoms with E-state index in [1.165, 1.54) is 12.4 Å². The van der Waals surface area contributed by atoms with Crippen molar-refractivity contribution < 1.29 is 14.7 Å². The molecule has 0 fully saturated rings. The Labute approximate surface area is 97.4 Å². The first kappa shape index (κ1) is 12.4. The molecule has 2 N–H and O–H groups in total. The van der Waals surface area contributed by atoms with Crippen LogP contribution in [0.2, 0.25) is 5.02 Å². The van der Waals surface area contributed by atoms with Gasteiger partial charge in [0.15, 0.2) is 0 Å². The fourth-order valence-electron chi connectivity index (χ4n) is 1.08. The van der Waals surface area contributed by atoms with E-state index >= 15 is 0 Å². The first-order chi connectivity index (χ1) is 7.59. The average Bonchev–Trinajstić information content (AvgIpc) is 2.21. The molecule has 0 radical (unpaired) electrons. The van der Waals surface area contributed by atoms with Gasteiger partial charge in [-0.1, -0.05) is 11.6 Å². The van der Waals surface area contributed by atoms with Crippen LogP contribution in [0.25, 0.3) is 0 Å². The molecular weight excluding hydrogens is 232 g/mol. The Kier molecular flexibility index (Phi) is 4.72. The van der Waals surface area contributed by atoms with Crippen molar-refractivity contribution in [3.05, 3.63) is 23.5 Å². The number of pyridine rings is 1. The summed E-state index contributed by atoms with van der Waals surface area (Å²) in [5.74, 6) is -1.18. The van der Waals surface area contributed by atoms with E-state index in [1.807, 2.05) is 0 Å². The van der Waals surface area contributed by atoms with Crippen LogP contribution in [-0.4, -0.2) is 22.0 Å². The molecule has 0 saturated heterocycles. The summed E-state index contributed by atoms with van der Waals surface area (Å²) in [5, 5.41) is 11.4. The number of carbonyl (C=O) groups is 2. The van der Waals surface area contributed by atoms with Gasteiger partial charge in [0, 0.05) is 19.0 Å². The first-order valence-corrected chi connectivity index (χ1v) is 5.08. The van der Waals surface area contributed by atoms with E-state index in [1.54, 1.807) is 6.07 Å². The van der Waals surface area contributed by atoms with Crippen LogP contribution < -0.4 is 5.32 Å². The van der Waals surface area contributed by atoms with Crippen molar-refractivity contribution in [3.8, 4) is 0 Å². The standard InChI is InChI=1S/C10H11ClN2O3/c11-7-4-5-12-6-8(7)13-9(14)2-1-3-10(15)16/h4-6H,1-3H2,(H,13,14)(H,15,16). The van der Waals surface area contributed by atoms with Gasteiger partial charge in [-0.2, -0.15) is 0 Å². The maximum atomic E-state index is 11.4. The lowest BCUT2D eigenvalue weighted by atomic mass is 10.2. The second-order valence-electron chi connectivity index (χ2n) is 3.15. The highest BCUT2D eigenvalue weighted by molar-refractivity contribution is 6.33. The van der Waals surface area contributed by atoms with Crippen molar-refractivity contribution in [2.75, 3.05) is 5.32 Å². The van der Waals surface area contributed by atoms with Crippen LogP contribution in [0, 0.1) is 0 Å². The summed E-state index contributed by atoms with van der Waals surface area (Å²) in [5.41, 5.74) is 0.435. The second-order valence-corrected chi connectivity index (χ2v) is 3.56. The highest BCUT2D eigenvalue weighted by Crippen LogP contribution is 2.19. The van der Waals surface area contributed by atoms with E-state index in [2.05, 4.69) is 10.3 Å². The van der Waals surface area contributed by atoms with Crippen LogP contribution in [-0.2, 0) is 9.59 Å². The van der Waals surface area contributed by atoms with Crippen molar-refractivity contribution in [2.45, 2.75) is 19.3 Å². The number of nitrogens with one attached hydrogen (secondary N) is 1. The third-order valence-corrected chi connectivity index (χ3v) is 2.17. The minimum absolute atomic E-state index is 0.0197. The van der Waals surface area contributed by atoms with Crippen LogP contribution in [0.15, 0.2) is 18.5 Å². The maximum absolute atomic E-state index is 11.4. The lowest BCUT2D eigenvalue weighted by Gasteiger charge is -2.05. The van der Waals surface area contributed by atoms with Gasteiger partial charge in [-0.15, -0.1) is 0 Å². The molecule has 0 aliphatic heterocycles. The Bertz CT molecular complexity index is 395. The fraction of sp³-hybridized carbons (Fsp3) is 0.300. The van der Waals surface area contributed by atoms with E-state index in [4.69, 9.17) is 16.7 Å². The van der Waals surface area contributed by atoms with Gasteiger partial charge in [0.2, 0.25) is 5.91 Å². The molecule has 0 aliphatic rings. The molecule has 0 spiro atoms. The summed E-state index contributed by atoms with van der Waals surface area (Å²) >= 11 is 5.80. The molecule has 0 saturated carbocycles. The van der Waals surface area contributed by atoms with Gasteiger partial charge in [-0.25, -0.2) is 0 Å². The Morgan fingerprint density at radius 1 is 1.44 bits per heavy atom. The van der Waals surface area contributed by atoms with E-state index in [-0.39, 0.29) is 18.7 Å². The number of aromatic nitrogens is 1. The topological polar surface area (TPSA) is 79.3 Å². The van der Waals surface area contributed by atoms with Gasteiger partial charge in [0.05, 0.1) is 16.9 Å². The molecular formula is C10H11ClN2O3. The smallest absolute Gasteiger partial charge is 0.303 e. The molecule has 1 rings (SSSR count). The average molecular weight is 243 g/mol. The van der Waals surface area contributed by atoms with Gasteiger partial charge < -0.3 is 10.4 Å². The van der Waals surface area contributed by atoms with Crippen LogP contribution in [0.3, 0.4) is 0 Å².